The van der Waals surface area contributed by atoms with Gasteiger partial charge in [0.1, 0.15) is 12.6 Å². The summed E-state index contributed by atoms with van der Waals surface area (Å²) in [5.41, 5.74) is 1.19. The lowest BCUT2D eigenvalue weighted by molar-refractivity contribution is 0.330. The van der Waals surface area contributed by atoms with E-state index in [9.17, 15) is 0 Å². The lowest BCUT2D eigenvalue weighted by Gasteiger charge is -2.04. The zero-order valence-corrected chi connectivity index (χ0v) is 7.99. The molecule has 1 unspecified atom stereocenters. The second-order valence-corrected chi connectivity index (χ2v) is 3.57. The average Bonchev–Trinajstić information content (AvgIpc) is 2.56. The van der Waals surface area contributed by atoms with Gasteiger partial charge in [-0.15, -0.1) is 0 Å². The van der Waals surface area contributed by atoms with Crippen LogP contribution in [0.15, 0.2) is 33.7 Å². The van der Waals surface area contributed by atoms with E-state index >= 15 is 0 Å². The van der Waals surface area contributed by atoms with Crippen molar-refractivity contribution in [1.29, 1.82) is 0 Å². The van der Waals surface area contributed by atoms with Crippen LogP contribution in [0.4, 0.5) is 0 Å². The number of hydrogen-bond donors (Lipinski definition) is 0. The van der Waals surface area contributed by atoms with E-state index in [2.05, 4.69) is 33.1 Å². The lowest BCUT2D eigenvalue weighted by Crippen LogP contribution is -1.96. The molecular formula is C9H8BrNO. The summed E-state index contributed by atoms with van der Waals surface area (Å²) in [4.78, 5) is 4.18. The minimum Gasteiger partial charge on any atom is -0.481 e. The molecule has 0 N–H and O–H groups in total. The standard InChI is InChI=1S/C9H8BrNO/c10-8-3-1-2-7(4-8)9-5-12-6-11-9/h1-4,6,9H,5H2. The van der Waals surface area contributed by atoms with Gasteiger partial charge in [-0.1, -0.05) is 28.1 Å². The van der Waals surface area contributed by atoms with Gasteiger partial charge in [-0.25, -0.2) is 4.99 Å². The smallest absolute Gasteiger partial charge is 0.170 e. The SMILES string of the molecule is Brc1cccc(C2COC=N2)c1. The Morgan fingerprint density at radius 1 is 1.50 bits per heavy atom. The van der Waals surface area contributed by atoms with Gasteiger partial charge in [0.25, 0.3) is 0 Å². The lowest BCUT2D eigenvalue weighted by atomic mass is 10.1. The van der Waals surface area contributed by atoms with Crippen molar-refractivity contribution in [3.8, 4) is 0 Å². The van der Waals surface area contributed by atoms with Crippen LogP contribution in [0.25, 0.3) is 0 Å². The van der Waals surface area contributed by atoms with Crippen molar-refractivity contribution < 1.29 is 4.74 Å². The van der Waals surface area contributed by atoms with Gasteiger partial charge in [-0.05, 0) is 17.7 Å². The van der Waals surface area contributed by atoms with Gasteiger partial charge in [0.05, 0.1) is 0 Å². The van der Waals surface area contributed by atoms with Crippen LogP contribution >= 0.6 is 15.9 Å². The molecule has 0 fully saturated rings. The Labute approximate surface area is 79.4 Å². The molecule has 3 heteroatoms. The number of halogens is 1. The van der Waals surface area contributed by atoms with Crippen LogP contribution in [0, 0.1) is 0 Å². The normalized spacial score (nSPS) is 20.9. The highest BCUT2D eigenvalue weighted by Crippen LogP contribution is 2.23. The molecule has 0 saturated heterocycles. The largest absolute Gasteiger partial charge is 0.481 e. The first-order valence-electron chi connectivity index (χ1n) is 3.75. The van der Waals surface area contributed by atoms with Gasteiger partial charge in [0.2, 0.25) is 0 Å². The van der Waals surface area contributed by atoms with Crippen molar-refractivity contribution >= 4 is 22.3 Å². The molecule has 62 valence electrons. The highest BCUT2D eigenvalue weighted by Gasteiger charge is 2.13. The Morgan fingerprint density at radius 3 is 3.08 bits per heavy atom. The first kappa shape index (κ1) is 7.80. The van der Waals surface area contributed by atoms with Crippen molar-refractivity contribution in [3.63, 3.8) is 0 Å². The molecule has 1 aliphatic heterocycles. The second kappa shape index (κ2) is 3.27. The molecule has 1 aromatic carbocycles. The maximum absolute atomic E-state index is 5.04. The summed E-state index contributed by atoms with van der Waals surface area (Å²) in [7, 11) is 0. The van der Waals surface area contributed by atoms with Crippen LogP contribution in [0.1, 0.15) is 11.6 Å². The van der Waals surface area contributed by atoms with Crippen LogP contribution in [0.2, 0.25) is 0 Å². The van der Waals surface area contributed by atoms with Gasteiger partial charge in [-0.2, -0.15) is 0 Å². The highest BCUT2D eigenvalue weighted by atomic mass is 79.9. The monoisotopic (exact) mass is 225 g/mol. The summed E-state index contributed by atoms with van der Waals surface area (Å²) in [5.74, 6) is 0. The number of ether oxygens (including phenoxy) is 1. The number of nitrogens with zero attached hydrogens (tertiary/aromatic N) is 1. The van der Waals surface area contributed by atoms with Gasteiger partial charge in [0.15, 0.2) is 6.40 Å². The summed E-state index contributed by atoms with van der Waals surface area (Å²) in [6.45, 7) is 0.663. The summed E-state index contributed by atoms with van der Waals surface area (Å²) in [5, 5.41) is 0. The Balaban J connectivity index is 2.27. The third kappa shape index (κ3) is 1.50. The van der Waals surface area contributed by atoms with E-state index in [0.29, 0.717) is 6.61 Å². The Kier molecular flexibility index (Phi) is 2.13. The van der Waals surface area contributed by atoms with Gasteiger partial charge in [0, 0.05) is 4.47 Å². The molecule has 0 amide bonds. The summed E-state index contributed by atoms with van der Waals surface area (Å²) in [6.07, 6.45) is 1.52. The molecule has 1 heterocycles. The Bertz CT molecular complexity index is 311. The first-order valence-corrected chi connectivity index (χ1v) is 4.54. The molecule has 12 heavy (non-hydrogen) atoms. The van der Waals surface area contributed by atoms with E-state index in [0.717, 1.165) is 4.47 Å². The number of aliphatic imine (C=N–C) groups is 1. The van der Waals surface area contributed by atoms with Gasteiger partial charge in [-0.3, -0.25) is 0 Å². The van der Waals surface area contributed by atoms with Crippen molar-refractivity contribution in [2.24, 2.45) is 4.99 Å². The quantitative estimate of drug-likeness (QED) is 0.721. The summed E-state index contributed by atoms with van der Waals surface area (Å²) < 4.78 is 6.13. The molecule has 0 spiro atoms. The van der Waals surface area contributed by atoms with E-state index < -0.39 is 0 Å². The zero-order chi connectivity index (χ0) is 8.39. The predicted octanol–water partition coefficient (Wildman–Crippen LogP) is 2.55. The first-order chi connectivity index (χ1) is 5.86. The van der Waals surface area contributed by atoms with E-state index in [1.54, 1.807) is 0 Å². The maximum Gasteiger partial charge on any atom is 0.170 e. The number of rotatable bonds is 1. The molecule has 1 aromatic rings. The molecular weight excluding hydrogens is 218 g/mol. The van der Waals surface area contributed by atoms with Crippen LogP contribution in [0.3, 0.4) is 0 Å². The van der Waals surface area contributed by atoms with Crippen molar-refractivity contribution in [2.75, 3.05) is 6.61 Å². The van der Waals surface area contributed by atoms with Crippen LogP contribution in [0.5, 0.6) is 0 Å². The molecule has 1 aliphatic rings. The Morgan fingerprint density at radius 2 is 2.42 bits per heavy atom. The Hall–Kier alpha value is -0.830. The fourth-order valence-corrected chi connectivity index (χ4v) is 1.61. The van der Waals surface area contributed by atoms with E-state index in [1.165, 1.54) is 12.0 Å². The number of hydrogen-bond acceptors (Lipinski definition) is 2. The van der Waals surface area contributed by atoms with Crippen LogP contribution in [-0.4, -0.2) is 13.0 Å². The topological polar surface area (TPSA) is 21.6 Å². The minimum atomic E-state index is 0.183. The third-order valence-electron chi connectivity index (χ3n) is 1.80. The van der Waals surface area contributed by atoms with E-state index in [4.69, 9.17) is 4.74 Å². The van der Waals surface area contributed by atoms with E-state index in [1.807, 2.05) is 12.1 Å². The fourth-order valence-electron chi connectivity index (χ4n) is 1.19. The molecule has 0 saturated carbocycles. The van der Waals surface area contributed by atoms with Crippen LogP contribution < -0.4 is 0 Å². The molecule has 0 bridgehead atoms. The number of benzene rings is 1. The molecule has 2 nitrogen and oxygen atoms in total. The summed E-state index contributed by atoms with van der Waals surface area (Å²) >= 11 is 3.42. The minimum absolute atomic E-state index is 0.183. The van der Waals surface area contributed by atoms with Crippen molar-refractivity contribution in [3.05, 3.63) is 34.3 Å². The summed E-state index contributed by atoms with van der Waals surface area (Å²) in [6, 6.07) is 8.32. The molecule has 0 aromatic heterocycles. The van der Waals surface area contributed by atoms with Crippen molar-refractivity contribution in [1.82, 2.24) is 0 Å². The molecule has 1 atom stereocenters. The maximum atomic E-state index is 5.04. The fraction of sp³-hybridized carbons (Fsp3) is 0.222. The van der Waals surface area contributed by atoms with E-state index in [-0.39, 0.29) is 6.04 Å². The zero-order valence-electron chi connectivity index (χ0n) is 6.40. The van der Waals surface area contributed by atoms with Gasteiger partial charge >= 0.3 is 0 Å². The molecule has 0 aliphatic carbocycles. The highest BCUT2D eigenvalue weighted by molar-refractivity contribution is 9.10. The van der Waals surface area contributed by atoms with Gasteiger partial charge < -0.3 is 4.74 Å². The third-order valence-corrected chi connectivity index (χ3v) is 2.30. The molecule has 0 radical (unpaired) electrons. The second-order valence-electron chi connectivity index (χ2n) is 2.66. The average molecular weight is 226 g/mol. The van der Waals surface area contributed by atoms with Crippen LogP contribution in [-0.2, 0) is 4.74 Å². The molecule has 2 rings (SSSR count). The predicted molar refractivity (Wildman–Crippen MR) is 51.3 cm³/mol. The van der Waals surface area contributed by atoms with Crippen molar-refractivity contribution in [2.45, 2.75) is 6.04 Å².